The van der Waals surface area contributed by atoms with Crippen LogP contribution in [0, 0.1) is 0 Å². The van der Waals surface area contributed by atoms with E-state index >= 15 is 0 Å². The number of benzene rings is 1. The number of hydrogen-bond acceptors (Lipinski definition) is 11. The van der Waals surface area contributed by atoms with E-state index in [1.165, 1.54) is 24.3 Å². The molecule has 1 aromatic rings. The Morgan fingerprint density at radius 1 is 0.806 bits per heavy atom. The highest BCUT2D eigenvalue weighted by Crippen LogP contribution is 2.34. The molecule has 1 heterocycles. The summed E-state index contributed by atoms with van der Waals surface area (Å²) in [5.74, 6) is -3.79. The summed E-state index contributed by atoms with van der Waals surface area (Å²) < 4.78 is 52.1. The van der Waals surface area contributed by atoms with Crippen molar-refractivity contribution in [3.63, 3.8) is 0 Å². The molecule has 1 saturated heterocycles. The monoisotopic (exact) mass is 458 g/mol. The number of carbonyl (C=O) groups excluding carboxylic acids is 4. The SMILES string of the molecule is COC(=O)C1OC(S(=O)(=O)c2ccccc2)C(OC(C)=O)C(OC(C)=O)C1OC(C)=O. The summed E-state index contributed by atoms with van der Waals surface area (Å²) in [5, 5.41) is 0. The fraction of sp³-hybridized carbons (Fsp3) is 0.474. The Kier molecular flexibility index (Phi) is 7.74. The summed E-state index contributed by atoms with van der Waals surface area (Å²) in [6.45, 7) is 3.04. The van der Waals surface area contributed by atoms with Crippen molar-refractivity contribution in [2.24, 2.45) is 0 Å². The van der Waals surface area contributed by atoms with E-state index < -0.39 is 63.6 Å². The first-order valence-corrected chi connectivity index (χ1v) is 10.6. The van der Waals surface area contributed by atoms with E-state index in [1.54, 1.807) is 6.07 Å². The van der Waals surface area contributed by atoms with E-state index in [0.29, 0.717) is 0 Å². The van der Waals surface area contributed by atoms with E-state index in [1.807, 2.05) is 0 Å². The highest BCUT2D eigenvalue weighted by Gasteiger charge is 2.58. The molecule has 0 aliphatic carbocycles. The maximum atomic E-state index is 13.3. The summed E-state index contributed by atoms with van der Waals surface area (Å²) in [5.41, 5.74) is -1.97. The Labute approximate surface area is 178 Å². The molecule has 1 aromatic carbocycles. The van der Waals surface area contributed by atoms with Crippen molar-refractivity contribution in [2.45, 2.75) is 55.5 Å². The minimum atomic E-state index is -4.39. The number of rotatable bonds is 6. The number of hydrogen-bond donors (Lipinski definition) is 0. The molecule has 1 aliphatic heterocycles. The minimum Gasteiger partial charge on any atom is -0.467 e. The lowest BCUT2D eigenvalue weighted by atomic mass is 9.99. The highest BCUT2D eigenvalue weighted by atomic mass is 32.2. The zero-order chi connectivity index (χ0) is 23.3. The Balaban J connectivity index is 2.67. The van der Waals surface area contributed by atoms with Gasteiger partial charge in [0.15, 0.2) is 24.4 Å². The maximum absolute atomic E-state index is 13.3. The van der Waals surface area contributed by atoms with Crippen molar-refractivity contribution in [1.82, 2.24) is 0 Å². The summed E-state index contributed by atoms with van der Waals surface area (Å²) in [6, 6.07) is 7.05. The van der Waals surface area contributed by atoms with Gasteiger partial charge in [-0.2, -0.15) is 0 Å². The molecule has 0 bridgehead atoms. The van der Waals surface area contributed by atoms with Gasteiger partial charge in [0, 0.05) is 20.8 Å². The van der Waals surface area contributed by atoms with Crippen LogP contribution in [0.2, 0.25) is 0 Å². The molecule has 12 heteroatoms. The molecule has 0 aromatic heterocycles. The Morgan fingerprint density at radius 2 is 1.29 bits per heavy atom. The second-order valence-corrected chi connectivity index (χ2v) is 8.55. The largest absolute Gasteiger partial charge is 0.467 e. The molecule has 0 amide bonds. The summed E-state index contributed by atoms with van der Waals surface area (Å²) in [6.07, 6.45) is -6.85. The third kappa shape index (κ3) is 5.58. The fourth-order valence-electron chi connectivity index (χ4n) is 3.07. The van der Waals surface area contributed by atoms with Crippen LogP contribution in [0.4, 0.5) is 0 Å². The fourth-order valence-corrected chi connectivity index (χ4v) is 4.71. The van der Waals surface area contributed by atoms with Crippen LogP contribution in [-0.2, 0) is 52.7 Å². The molecule has 5 unspecified atom stereocenters. The lowest BCUT2D eigenvalue weighted by Crippen LogP contribution is -2.64. The number of methoxy groups -OCH3 is 1. The van der Waals surface area contributed by atoms with E-state index in [0.717, 1.165) is 27.9 Å². The lowest BCUT2D eigenvalue weighted by molar-refractivity contribution is -0.236. The van der Waals surface area contributed by atoms with Gasteiger partial charge in [-0.3, -0.25) is 14.4 Å². The first kappa shape index (κ1) is 24.3. The van der Waals surface area contributed by atoms with Crippen LogP contribution in [0.25, 0.3) is 0 Å². The molecule has 31 heavy (non-hydrogen) atoms. The third-order valence-corrected chi connectivity index (χ3v) is 6.13. The predicted octanol–water partition coefficient (Wildman–Crippen LogP) is 0.153. The van der Waals surface area contributed by atoms with Crippen LogP contribution >= 0.6 is 0 Å². The van der Waals surface area contributed by atoms with Crippen molar-refractivity contribution in [2.75, 3.05) is 7.11 Å². The van der Waals surface area contributed by atoms with E-state index in [-0.39, 0.29) is 4.90 Å². The number of esters is 4. The van der Waals surface area contributed by atoms with Crippen LogP contribution in [-0.4, -0.2) is 69.3 Å². The molecule has 5 atom stereocenters. The average molecular weight is 458 g/mol. The van der Waals surface area contributed by atoms with Crippen molar-refractivity contribution in [1.29, 1.82) is 0 Å². The predicted molar refractivity (Wildman–Crippen MR) is 101 cm³/mol. The molecular formula is C19H22O11S. The van der Waals surface area contributed by atoms with Crippen LogP contribution in [0.15, 0.2) is 35.2 Å². The molecule has 11 nitrogen and oxygen atoms in total. The normalized spacial score (nSPS) is 25.7. The van der Waals surface area contributed by atoms with Gasteiger partial charge in [0.2, 0.25) is 15.3 Å². The first-order chi connectivity index (χ1) is 14.5. The lowest BCUT2D eigenvalue weighted by Gasteiger charge is -2.43. The number of ether oxygens (including phenoxy) is 5. The molecule has 0 spiro atoms. The molecular weight excluding hydrogens is 436 g/mol. The zero-order valence-electron chi connectivity index (χ0n) is 17.2. The molecule has 0 radical (unpaired) electrons. The van der Waals surface area contributed by atoms with Crippen molar-refractivity contribution < 1.29 is 51.3 Å². The zero-order valence-corrected chi connectivity index (χ0v) is 18.0. The summed E-state index contributed by atoms with van der Waals surface area (Å²) >= 11 is 0. The van der Waals surface area contributed by atoms with Crippen molar-refractivity contribution in [3.05, 3.63) is 30.3 Å². The molecule has 1 fully saturated rings. The van der Waals surface area contributed by atoms with Gasteiger partial charge in [-0.05, 0) is 12.1 Å². The second-order valence-electron chi connectivity index (χ2n) is 6.53. The van der Waals surface area contributed by atoms with Gasteiger partial charge >= 0.3 is 23.9 Å². The molecule has 1 aliphatic rings. The Bertz CT molecular complexity index is 941. The van der Waals surface area contributed by atoms with E-state index in [9.17, 15) is 27.6 Å². The standard InChI is InChI=1S/C19H22O11S/c1-10(20)27-14-15(28-11(2)21)17(29-12(3)22)19(30-16(14)18(23)26-4)31(24,25)13-8-6-5-7-9-13/h5-9,14-17,19H,1-4H3. The van der Waals surface area contributed by atoms with Gasteiger partial charge in [-0.15, -0.1) is 0 Å². The summed E-state index contributed by atoms with van der Waals surface area (Å²) in [4.78, 5) is 47.3. The van der Waals surface area contributed by atoms with Gasteiger partial charge in [-0.1, -0.05) is 18.2 Å². The summed E-state index contributed by atoms with van der Waals surface area (Å²) in [7, 11) is -3.38. The molecule has 2 rings (SSSR count). The van der Waals surface area contributed by atoms with Crippen LogP contribution < -0.4 is 0 Å². The smallest absolute Gasteiger partial charge is 0.339 e. The first-order valence-electron chi connectivity index (χ1n) is 9.03. The third-order valence-electron chi connectivity index (χ3n) is 4.21. The number of sulfone groups is 1. The van der Waals surface area contributed by atoms with Gasteiger partial charge < -0.3 is 23.7 Å². The van der Waals surface area contributed by atoms with Crippen molar-refractivity contribution in [3.8, 4) is 0 Å². The molecule has 170 valence electrons. The highest BCUT2D eigenvalue weighted by molar-refractivity contribution is 7.92. The molecule has 0 N–H and O–H groups in total. The maximum Gasteiger partial charge on any atom is 0.339 e. The van der Waals surface area contributed by atoms with Crippen LogP contribution in [0.3, 0.4) is 0 Å². The topological polar surface area (TPSA) is 149 Å². The van der Waals surface area contributed by atoms with Gasteiger partial charge in [0.05, 0.1) is 12.0 Å². The van der Waals surface area contributed by atoms with E-state index in [4.69, 9.17) is 18.9 Å². The average Bonchev–Trinajstić information content (AvgIpc) is 2.69. The van der Waals surface area contributed by atoms with Gasteiger partial charge in [0.25, 0.3) is 0 Å². The Morgan fingerprint density at radius 3 is 1.77 bits per heavy atom. The molecule has 0 saturated carbocycles. The second kappa shape index (κ2) is 9.88. The van der Waals surface area contributed by atoms with Crippen molar-refractivity contribution >= 4 is 33.7 Å². The Hall–Kier alpha value is -2.99. The van der Waals surface area contributed by atoms with Crippen LogP contribution in [0.1, 0.15) is 20.8 Å². The van der Waals surface area contributed by atoms with Gasteiger partial charge in [-0.25, -0.2) is 13.2 Å². The quantitative estimate of drug-likeness (QED) is 0.424. The minimum absolute atomic E-state index is 0.201. The van der Waals surface area contributed by atoms with Gasteiger partial charge in [0.1, 0.15) is 0 Å². The van der Waals surface area contributed by atoms with E-state index in [2.05, 4.69) is 4.74 Å². The number of carbonyl (C=O) groups is 4. The van der Waals surface area contributed by atoms with Crippen LogP contribution in [0.5, 0.6) is 0 Å².